The molecule has 0 atom stereocenters. The third kappa shape index (κ3) is 2.97. The molecule has 122 valence electrons. The molecular weight excluding hydrogens is 320 g/mol. The standard InChI is InChI=1S/C18H18N4OS/c23-18-22(20-17(24-18)15-7-9-19-10-8-15)13-12-21-11-3-5-14-4-1-2-6-16(14)21/h1-2,4,6-10H,3,5,11-13H2. The molecule has 0 radical (unpaired) electrons. The van der Waals surface area contributed by atoms with Crippen LogP contribution in [0, 0.1) is 0 Å². The molecule has 4 rings (SSSR count). The summed E-state index contributed by atoms with van der Waals surface area (Å²) in [5.41, 5.74) is 3.63. The molecule has 2 aromatic heterocycles. The molecule has 0 saturated carbocycles. The van der Waals surface area contributed by atoms with Crippen molar-refractivity contribution in [3.05, 3.63) is 64.0 Å². The number of nitrogens with zero attached hydrogens (tertiary/aromatic N) is 4. The molecule has 3 aromatic rings. The Morgan fingerprint density at radius 2 is 1.92 bits per heavy atom. The molecule has 3 heterocycles. The topological polar surface area (TPSA) is 51.0 Å². The highest BCUT2D eigenvalue weighted by Gasteiger charge is 2.16. The molecule has 0 fully saturated rings. The molecule has 1 aliphatic heterocycles. The summed E-state index contributed by atoms with van der Waals surface area (Å²) in [5.74, 6) is 0. The summed E-state index contributed by atoms with van der Waals surface area (Å²) in [6.07, 6.45) is 5.73. The van der Waals surface area contributed by atoms with Gasteiger partial charge in [0.1, 0.15) is 5.01 Å². The first-order chi connectivity index (χ1) is 11.8. The fourth-order valence-electron chi connectivity index (χ4n) is 3.12. The Hall–Kier alpha value is -2.47. The van der Waals surface area contributed by atoms with E-state index in [0.29, 0.717) is 6.54 Å². The van der Waals surface area contributed by atoms with Gasteiger partial charge in [0.15, 0.2) is 0 Å². The second kappa shape index (κ2) is 6.57. The number of anilines is 1. The van der Waals surface area contributed by atoms with E-state index in [1.807, 2.05) is 12.1 Å². The minimum Gasteiger partial charge on any atom is -0.369 e. The van der Waals surface area contributed by atoms with E-state index >= 15 is 0 Å². The van der Waals surface area contributed by atoms with Crippen LogP contribution in [-0.4, -0.2) is 27.9 Å². The summed E-state index contributed by atoms with van der Waals surface area (Å²) in [7, 11) is 0. The average molecular weight is 338 g/mol. The maximum Gasteiger partial charge on any atom is 0.325 e. The number of hydrogen-bond acceptors (Lipinski definition) is 5. The van der Waals surface area contributed by atoms with Crippen molar-refractivity contribution in [1.29, 1.82) is 0 Å². The van der Waals surface area contributed by atoms with Crippen LogP contribution in [0.3, 0.4) is 0 Å². The highest BCUT2D eigenvalue weighted by molar-refractivity contribution is 7.12. The van der Waals surface area contributed by atoms with Gasteiger partial charge in [-0.3, -0.25) is 9.78 Å². The molecule has 0 bridgehead atoms. The van der Waals surface area contributed by atoms with E-state index in [2.05, 4.69) is 39.2 Å². The minimum absolute atomic E-state index is 0.00731. The Labute approximate surface area is 144 Å². The predicted molar refractivity (Wildman–Crippen MR) is 96.6 cm³/mol. The summed E-state index contributed by atoms with van der Waals surface area (Å²) in [5, 5.41) is 5.24. The van der Waals surface area contributed by atoms with Crippen LogP contribution in [0.2, 0.25) is 0 Å². The van der Waals surface area contributed by atoms with Gasteiger partial charge in [-0.15, -0.1) is 0 Å². The van der Waals surface area contributed by atoms with E-state index in [1.165, 1.54) is 22.6 Å². The van der Waals surface area contributed by atoms with Crippen molar-refractivity contribution < 1.29 is 0 Å². The number of aromatic nitrogens is 3. The van der Waals surface area contributed by atoms with Gasteiger partial charge in [-0.1, -0.05) is 29.5 Å². The lowest BCUT2D eigenvalue weighted by Gasteiger charge is -2.31. The number of rotatable bonds is 4. The van der Waals surface area contributed by atoms with E-state index < -0.39 is 0 Å². The first-order valence-electron chi connectivity index (χ1n) is 8.12. The zero-order valence-corrected chi connectivity index (χ0v) is 14.1. The molecule has 0 saturated heterocycles. The van der Waals surface area contributed by atoms with Crippen molar-refractivity contribution in [2.24, 2.45) is 0 Å². The van der Waals surface area contributed by atoms with Crippen LogP contribution in [0.4, 0.5) is 5.69 Å². The van der Waals surface area contributed by atoms with Crippen molar-refractivity contribution in [3.8, 4) is 10.6 Å². The van der Waals surface area contributed by atoms with Gasteiger partial charge in [0.05, 0.1) is 6.54 Å². The molecular formula is C18H18N4OS. The lowest BCUT2D eigenvalue weighted by atomic mass is 10.0. The summed E-state index contributed by atoms with van der Waals surface area (Å²) < 4.78 is 1.58. The monoisotopic (exact) mass is 338 g/mol. The summed E-state index contributed by atoms with van der Waals surface area (Å²) in [6, 6.07) is 12.3. The second-order valence-electron chi connectivity index (χ2n) is 5.85. The van der Waals surface area contributed by atoms with E-state index in [9.17, 15) is 4.79 Å². The molecule has 0 aliphatic carbocycles. The Morgan fingerprint density at radius 1 is 1.08 bits per heavy atom. The number of benzene rings is 1. The van der Waals surface area contributed by atoms with Crippen LogP contribution in [-0.2, 0) is 13.0 Å². The summed E-state index contributed by atoms with van der Waals surface area (Å²) >= 11 is 1.19. The van der Waals surface area contributed by atoms with Gasteiger partial charge in [-0.2, -0.15) is 5.10 Å². The largest absolute Gasteiger partial charge is 0.369 e. The third-order valence-electron chi connectivity index (χ3n) is 4.32. The van der Waals surface area contributed by atoms with Crippen LogP contribution in [0.1, 0.15) is 12.0 Å². The SMILES string of the molecule is O=c1sc(-c2ccncc2)nn1CCN1CCCc2ccccc21. The van der Waals surface area contributed by atoms with Crippen LogP contribution in [0.25, 0.3) is 10.6 Å². The maximum atomic E-state index is 12.2. The van der Waals surface area contributed by atoms with Gasteiger partial charge in [0.25, 0.3) is 0 Å². The third-order valence-corrected chi connectivity index (χ3v) is 5.22. The van der Waals surface area contributed by atoms with Crippen LogP contribution >= 0.6 is 11.3 Å². The first-order valence-corrected chi connectivity index (χ1v) is 8.94. The molecule has 6 heteroatoms. The fraction of sp³-hybridized carbons (Fsp3) is 0.278. The predicted octanol–water partition coefficient (Wildman–Crippen LogP) is 2.82. The van der Waals surface area contributed by atoms with Crippen LogP contribution < -0.4 is 9.77 Å². The molecule has 24 heavy (non-hydrogen) atoms. The Balaban J connectivity index is 1.51. The highest BCUT2D eigenvalue weighted by atomic mass is 32.1. The summed E-state index contributed by atoms with van der Waals surface area (Å²) in [6.45, 7) is 2.44. The van der Waals surface area contributed by atoms with Crippen LogP contribution in [0.5, 0.6) is 0 Å². The number of hydrogen-bond donors (Lipinski definition) is 0. The lowest BCUT2D eigenvalue weighted by Crippen LogP contribution is -2.34. The van der Waals surface area contributed by atoms with E-state index in [4.69, 9.17) is 0 Å². The van der Waals surface area contributed by atoms with E-state index in [-0.39, 0.29) is 4.87 Å². The van der Waals surface area contributed by atoms with Crippen molar-refractivity contribution in [2.75, 3.05) is 18.0 Å². The van der Waals surface area contributed by atoms with Crippen LogP contribution in [0.15, 0.2) is 53.6 Å². The molecule has 1 aromatic carbocycles. The van der Waals surface area contributed by atoms with Gasteiger partial charge in [-0.25, -0.2) is 4.68 Å². The van der Waals surface area contributed by atoms with Crippen molar-refractivity contribution in [1.82, 2.24) is 14.8 Å². The van der Waals surface area contributed by atoms with Crippen molar-refractivity contribution in [3.63, 3.8) is 0 Å². The first kappa shape index (κ1) is 15.1. The van der Waals surface area contributed by atoms with E-state index in [1.54, 1.807) is 17.1 Å². The number of pyridine rings is 1. The Morgan fingerprint density at radius 3 is 2.79 bits per heavy atom. The van der Waals surface area contributed by atoms with Gasteiger partial charge in [0, 0.05) is 36.7 Å². The normalized spacial score (nSPS) is 13.8. The van der Waals surface area contributed by atoms with Gasteiger partial charge < -0.3 is 4.90 Å². The number of fused-ring (bicyclic) bond motifs is 1. The Bertz CT molecular complexity index is 887. The zero-order chi connectivity index (χ0) is 16.4. The molecule has 5 nitrogen and oxygen atoms in total. The van der Waals surface area contributed by atoms with Crippen molar-refractivity contribution >= 4 is 17.0 Å². The van der Waals surface area contributed by atoms with Gasteiger partial charge >= 0.3 is 4.87 Å². The molecule has 0 amide bonds. The summed E-state index contributed by atoms with van der Waals surface area (Å²) in [4.78, 5) is 18.6. The second-order valence-corrected chi connectivity index (χ2v) is 6.79. The lowest BCUT2D eigenvalue weighted by molar-refractivity contribution is 0.569. The fourth-order valence-corrected chi connectivity index (χ4v) is 3.91. The van der Waals surface area contributed by atoms with E-state index in [0.717, 1.165) is 36.5 Å². The number of para-hydroxylation sites is 1. The van der Waals surface area contributed by atoms with Gasteiger partial charge in [0.2, 0.25) is 0 Å². The molecule has 0 spiro atoms. The Kier molecular flexibility index (Phi) is 4.13. The smallest absolute Gasteiger partial charge is 0.325 e. The average Bonchev–Trinajstić information content (AvgIpc) is 3.01. The zero-order valence-electron chi connectivity index (χ0n) is 13.3. The number of aryl methyl sites for hydroxylation is 1. The molecule has 0 unspecified atom stereocenters. The molecule has 1 aliphatic rings. The molecule has 0 N–H and O–H groups in total. The maximum absolute atomic E-state index is 12.2. The quantitative estimate of drug-likeness (QED) is 0.734. The minimum atomic E-state index is -0.00731. The van der Waals surface area contributed by atoms with Crippen molar-refractivity contribution in [2.45, 2.75) is 19.4 Å². The highest BCUT2D eigenvalue weighted by Crippen LogP contribution is 2.26. The van der Waals surface area contributed by atoms with Gasteiger partial charge in [-0.05, 0) is 36.6 Å².